The van der Waals surface area contributed by atoms with Crippen molar-refractivity contribution >= 4 is 21.6 Å². The van der Waals surface area contributed by atoms with E-state index < -0.39 is 10.0 Å². The molecule has 0 fully saturated rings. The van der Waals surface area contributed by atoms with Crippen LogP contribution in [-0.2, 0) is 16.6 Å². The largest absolute Gasteiger partial charge is 0.325 e. The molecular formula is C22H18ClN3O2S. The van der Waals surface area contributed by atoms with Gasteiger partial charge in [-0.2, -0.15) is 0 Å². The molecule has 3 aromatic carbocycles. The first-order chi connectivity index (χ1) is 13.9. The van der Waals surface area contributed by atoms with E-state index in [-0.39, 0.29) is 4.90 Å². The Morgan fingerprint density at radius 1 is 0.897 bits per heavy atom. The van der Waals surface area contributed by atoms with Gasteiger partial charge in [-0.15, -0.1) is 0 Å². The van der Waals surface area contributed by atoms with E-state index in [0.717, 1.165) is 16.7 Å². The van der Waals surface area contributed by atoms with Crippen molar-refractivity contribution in [2.45, 2.75) is 11.4 Å². The number of primary sulfonamides is 1. The molecule has 0 radical (unpaired) electrons. The van der Waals surface area contributed by atoms with Crippen LogP contribution in [0.3, 0.4) is 0 Å². The number of sulfonamides is 1. The summed E-state index contributed by atoms with van der Waals surface area (Å²) in [6.07, 6.45) is 1.73. The Labute approximate surface area is 174 Å². The van der Waals surface area contributed by atoms with Crippen LogP contribution in [0.2, 0.25) is 5.15 Å². The summed E-state index contributed by atoms with van der Waals surface area (Å²) in [4.78, 5) is 4.49. The van der Waals surface area contributed by atoms with Gasteiger partial charge in [0.2, 0.25) is 10.0 Å². The zero-order chi connectivity index (χ0) is 20.4. The van der Waals surface area contributed by atoms with Crippen molar-refractivity contribution < 1.29 is 8.42 Å². The predicted octanol–water partition coefficient (Wildman–Crippen LogP) is 4.57. The van der Waals surface area contributed by atoms with Crippen LogP contribution in [-0.4, -0.2) is 18.0 Å². The molecule has 1 heterocycles. The topological polar surface area (TPSA) is 78.0 Å². The third-order valence-corrected chi connectivity index (χ3v) is 5.70. The SMILES string of the molecule is NS(=O)(=O)c1cc(Cn2cc(Cl)nc2-c2ccccc2)ccc1-c1ccccc1. The Bertz CT molecular complexity index is 1250. The van der Waals surface area contributed by atoms with Crippen LogP contribution in [0.1, 0.15) is 5.56 Å². The van der Waals surface area contributed by atoms with Crippen molar-refractivity contribution in [3.63, 3.8) is 0 Å². The Kier molecular flexibility index (Phi) is 5.24. The maximum absolute atomic E-state index is 12.3. The van der Waals surface area contributed by atoms with Gasteiger partial charge in [-0.3, -0.25) is 0 Å². The summed E-state index contributed by atoms with van der Waals surface area (Å²) in [6.45, 7) is 0.404. The second-order valence-corrected chi connectivity index (χ2v) is 8.54. The van der Waals surface area contributed by atoms with Gasteiger partial charge in [0.15, 0.2) is 0 Å². The summed E-state index contributed by atoms with van der Waals surface area (Å²) < 4.78 is 26.4. The summed E-state index contributed by atoms with van der Waals surface area (Å²) in [6, 6.07) is 24.3. The standard InChI is InChI=1S/C22H18ClN3O2S/c23-21-15-26(22(25-21)18-9-5-2-6-10-18)14-16-11-12-19(17-7-3-1-4-8-17)20(13-16)29(24,27)28/h1-13,15H,14H2,(H2,24,27,28). The maximum Gasteiger partial charge on any atom is 0.238 e. The normalized spacial score (nSPS) is 11.5. The second-order valence-electron chi connectivity index (χ2n) is 6.62. The molecule has 5 nitrogen and oxygen atoms in total. The van der Waals surface area contributed by atoms with Crippen molar-refractivity contribution in [2.24, 2.45) is 5.14 Å². The van der Waals surface area contributed by atoms with Gasteiger partial charge in [0, 0.05) is 23.9 Å². The monoisotopic (exact) mass is 423 g/mol. The van der Waals surface area contributed by atoms with Gasteiger partial charge in [-0.05, 0) is 17.2 Å². The van der Waals surface area contributed by atoms with E-state index >= 15 is 0 Å². The van der Waals surface area contributed by atoms with E-state index in [4.69, 9.17) is 16.7 Å². The number of hydrogen-bond donors (Lipinski definition) is 1. The highest BCUT2D eigenvalue weighted by Gasteiger charge is 2.17. The lowest BCUT2D eigenvalue weighted by Crippen LogP contribution is -2.14. The van der Waals surface area contributed by atoms with E-state index in [0.29, 0.717) is 23.1 Å². The number of aromatic nitrogens is 2. The molecule has 0 bridgehead atoms. The minimum Gasteiger partial charge on any atom is -0.325 e. The van der Waals surface area contributed by atoms with E-state index in [1.165, 1.54) is 0 Å². The average Bonchev–Trinajstić information content (AvgIpc) is 3.09. The smallest absolute Gasteiger partial charge is 0.238 e. The van der Waals surface area contributed by atoms with E-state index in [1.54, 1.807) is 18.3 Å². The molecule has 4 aromatic rings. The third-order valence-electron chi connectivity index (χ3n) is 4.57. The summed E-state index contributed by atoms with van der Waals surface area (Å²) >= 11 is 6.14. The number of halogens is 1. The molecule has 146 valence electrons. The first-order valence-corrected chi connectivity index (χ1v) is 10.8. The first-order valence-electron chi connectivity index (χ1n) is 8.91. The molecule has 0 atom stereocenters. The second kappa shape index (κ2) is 7.83. The van der Waals surface area contributed by atoms with Crippen molar-refractivity contribution in [2.75, 3.05) is 0 Å². The number of rotatable bonds is 5. The van der Waals surface area contributed by atoms with Crippen molar-refractivity contribution in [1.29, 1.82) is 0 Å². The van der Waals surface area contributed by atoms with Crippen molar-refractivity contribution in [3.05, 3.63) is 95.8 Å². The van der Waals surface area contributed by atoms with Gasteiger partial charge in [-0.1, -0.05) is 84.4 Å². The highest BCUT2D eigenvalue weighted by atomic mass is 35.5. The molecule has 4 rings (SSSR count). The van der Waals surface area contributed by atoms with Crippen LogP contribution in [0.5, 0.6) is 0 Å². The minimum atomic E-state index is -3.90. The van der Waals surface area contributed by atoms with Crippen LogP contribution in [0.15, 0.2) is 90.0 Å². The fourth-order valence-corrected chi connectivity index (χ4v) is 4.28. The zero-order valence-electron chi connectivity index (χ0n) is 15.4. The summed E-state index contributed by atoms with van der Waals surface area (Å²) in [5.41, 5.74) is 3.06. The number of benzene rings is 3. The van der Waals surface area contributed by atoms with Crippen LogP contribution < -0.4 is 5.14 Å². The Hall–Kier alpha value is -2.93. The highest BCUT2D eigenvalue weighted by Crippen LogP contribution is 2.29. The van der Waals surface area contributed by atoms with E-state index in [2.05, 4.69) is 4.98 Å². The van der Waals surface area contributed by atoms with Gasteiger partial charge in [0.05, 0.1) is 4.90 Å². The van der Waals surface area contributed by atoms with Crippen LogP contribution in [0, 0.1) is 0 Å². The molecule has 1 aromatic heterocycles. The van der Waals surface area contributed by atoms with Crippen molar-refractivity contribution in [3.8, 4) is 22.5 Å². The quantitative estimate of drug-likeness (QED) is 0.510. The molecule has 0 amide bonds. The zero-order valence-corrected chi connectivity index (χ0v) is 16.9. The number of nitrogens with zero attached hydrogens (tertiary/aromatic N) is 2. The van der Waals surface area contributed by atoms with Gasteiger partial charge < -0.3 is 4.57 Å². The lowest BCUT2D eigenvalue weighted by Gasteiger charge is -2.12. The number of imidazole rings is 1. The molecule has 0 spiro atoms. The number of nitrogens with two attached hydrogens (primary N) is 1. The molecule has 2 N–H and O–H groups in total. The molecule has 29 heavy (non-hydrogen) atoms. The molecule has 7 heteroatoms. The van der Waals surface area contributed by atoms with Gasteiger partial charge in [-0.25, -0.2) is 18.5 Å². The lowest BCUT2D eigenvalue weighted by atomic mass is 10.0. The fourth-order valence-electron chi connectivity index (χ4n) is 3.28. The predicted molar refractivity (Wildman–Crippen MR) is 115 cm³/mol. The summed E-state index contributed by atoms with van der Waals surface area (Å²) in [5, 5.41) is 5.89. The fraction of sp³-hybridized carbons (Fsp3) is 0.0455. The molecule has 0 saturated heterocycles. The Morgan fingerprint density at radius 2 is 1.52 bits per heavy atom. The van der Waals surface area contributed by atoms with Gasteiger partial charge in [0.25, 0.3) is 0 Å². The number of hydrogen-bond acceptors (Lipinski definition) is 3. The van der Waals surface area contributed by atoms with Gasteiger partial charge >= 0.3 is 0 Å². The van der Waals surface area contributed by atoms with Crippen LogP contribution in [0.4, 0.5) is 0 Å². The molecule has 0 aliphatic heterocycles. The average molecular weight is 424 g/mol. The first kappa shape index (κ1) is 19.4. The Balaban J connectivity index is 1.77. The van der Waals surface area contributed by atoms with Crippen LogP contribution in [0.25, 0.3) is 22.5 Å². The van der Waals surface area contributed by atoms with Gasteiger partial charge in [0.1, 0.15) is 11.0 Å². The highest BCUT2D eigenvalue weighted by molar-refractivity contribution is 7.89. The molecule has 0 saturated carbocycles. The van der Waals surface area contributed by atoms with E-state index in [9.17, 15) is 8.42 Å². The molecule has 0 aliphatic carbocycles. The molecule has 0 unspecified atom stereocenters. The van der Waals surface area contributed by atoms with Crippen LogP contribution >= 0.6 is 11.6 Å². The third kappa shape index (κ3) is 4.24. The summed E-state index contributed by atoms with van der Waals surface area (Å²) in [5.74, 6) is 0.708. The van der Waals surface area contributed by atoms with Crippen molar-refractivity contribution in [1.82, 2.24) is 9.55 Å². The maximum atomic E-state index is 12.3. The lowest BCUT2D eigenvalue weighted by molar-refractivity contribution is 0.598. The minimum absolute atomic E-state index is 0.0914. The molecule has 0 aliphatic rings. The van der Waals surface area contributed by atoms with E-state index in [1.807, 2.05) is 71.3 Å². The molecular weight excluding hydrogens is 406 g/mol. The summed E-state index contributed by atoms with van der Waals surface area (Å²) in [7, 11) is -3.90. The Morgan fingerprint density at radius 3 is 2.14 bits per heavy atom.